The molecule has 0 saturated heterocycles. The maximum Gasteiger partial charge on any atom is 0.573 e. The predicted molar refractivity (Wildman–Crippen MR) is 106 cm³/mol. The number of phenolic OH excluding ortho intramolecular Hbond substituents is 1. The molecule has 1 amide bonds. The number of alkyl halides is 3. The number of nitriles is 1. The highest BCUT2D eigenvalue weighted by Gasteiger charge is 2.31. The third kappa shape index (κ3) is 5.82. The van der Waals surface area contributed by atoms with Gasteiger partial charge in [-0.1, -0.05) is 0 Å². The van der Waals surface area contributed by atoms with Crippen molar-refractivity contribution in [1.29, 1.82) is 5.26 Å². The quantitative estimate of drug-likeness (QED) is 0.150. The Balaban J connectivity index is 2.42. The minimum absolute atomic E-state index is 0.392. The molecule has 0 radical (unpaired) electrons. The number of carbonyl (C=O) groups excluding carboxylic acids is 1. The van der Waals surface area contributed by atoms with Crippen molar-refractivity contribution in [2.45, 2.75) is 12.9 Å². The number of rotatable bonds is 7. The number of methoxy groups -OCH3 is 1. The maximum absolute atomic E-state index is 14.1. The lowest BCUT2D eigenvalue weighted by Crippen LogP contribution is -2.28. The van der Waals surface area contributed by atoms with Gasteiger partial charge in [-0.15, -0.1) is 13.2 Å². The number of amides is 1. The molecule has 0 atom stereocenters. The van der Waals surface area contributed by atoms with Gasteiger partial charge in [0, 0.05) is 30.8 Å². The molecule has 0 aliphatic carbocycles. The van der Waals surface area contributed by atoms with Crippen LogP contribution >= 0.6 is 0 Å². The molecule has 0 unspecified atom stereocenters. The van der Waals surface area contributed by atoms with Crippen molar-refractivity contribution < 1.29 is 47.0 Å². The number of ether oxygens (including phenoxy) is 2. The number of phenols is 1. The molecule has 34 heavy (non-hydrogen) atoms. The monoisotopic (exact) mass is 485 g/mol. The molecule has 0 aliphatic rings. The number of nitro groups is 1. The number of aliphatic hydroxyl groups is 1. The number of aromatic hydroxyl groups is 1. The molecule has 0 saturated carbocycles. The molecular formula is C20H15F4N3O7. The summed E-state index contributed by atoms with van der Waals surface area (Å²) in [6.07, 6.45) is -5.03. The van der Waals surface area contributed by atoms with Crippen LogP contribution in [0.3, 0.4) is 0 Å². The molecule has 0 aromatic heterocycles. The van der Waals surface area contributed by atoms with E-state index in [9.17, 15) is 47.9 Å². The summed E-state index contributed by atoms with van der Waals surface area (Å²) in [6, 6.07) is 5.17. The Morgan fingerprint density at radius 2 is 1.94 bits per heavy atom. The van der Waals surface area contributed by atoms with Gasteiger partial charge in [-0.25, -0.2) is 4.39 Å². The van der Waals surface area contributed by atoms with Crippen molar-refractivity contribution in [2.75, 3.05) is 14.2 Å². The van der Waals surface area contributed by atoms with Gasteiger partial charge in [-0.05, 0) is 24.3 Å². The van der Waals surface area contributed by atoms with Gasteiger partial charge in [0.25, 0.3) is 5.91 Å². The lowest BCUT2D eigenvalue weighted by Gasteiger charge is -2.19. The molecule has 0 bridgehead atoms. The summed E-state index contributed by atoms with van der Waals surface area (Å²) in [4.78, 5) is 23.6. The number of halogens is 4. The fourth-order valence-electron chi connectivity index (χ4n) is 2.76. The first kappa shape index (κ1) is 25.7. The number of aliphatic hydroxyl groups excluding tert-OH is 1. The summed E-state index contributed by atoms with van der Waals surface area (Å²) in [5.41, 5.74) is -2.63. The summed E-state index contributed by atoms with van der Waals surface area (Å²) in [7, 11) is 2.14. The van der Waals surface area contributed by atoms with E-state index < -0.39 is 74.9 Å². The molecule has 2 aromatic carbocycles. The fraction of sp³-hybridized carbons (Fsp3) is 0.200. The van der Waals surface area contributed by atoms with Gasteiger partial charge in [0.2, 0.25) is 5.75 Å². The number of carbonyl (C=O) groups is 1. The summed E-state index contributed by atoms with van der Waals surface area (Å²) in [6.45, 7) is -0.628. The smallest absolute Gasteiger partial charge is 0.506 e. The second-order valence-electron chi connectivity index (χ2n) is 6.60. The van der Waals surface area contributed by atoms with Crippen LogP contribution in [0.4, 0.5) is 23.2 Å². The molecule has 10 nitrogen and oxygen atoms in total. The van der Waals surface area contributed by atoms with Crippen LogP contribution in [0.25, 0.3) is 5.76 Å². The van der Waals surface area contributed by atoms with E-state index in [-0.39, 0.29) is 0 Å². The molecule has 0 fully saturated rings. The van der Waals surface area contributed by atoms with Gasteiger partial charge >= 0.3 is 12.0 Å². The SMILES string of the molecule is COc1cc(/C(O)=C(\C#N)C(=O)N(C)Cc2cc(OC(F)(F)F)ccc2F)cc([N+](=O)[O-])c1O. The Morgan fingerprint density at radius 3 is 2.47 bits per heavy atom. The minimum atomic E-state index is -5.03. The largest absolute Gasteiger partial charge is 0.573 e. The van der Waals surface area contributed by atoms with Crippen molar-refractivity contribution in [3.05, 3.63) is 63.0 Å². The second-order valence-corrected chi connectivity index (χ2v) is 6.60. The van der Waals surface area contributed by atoms with E-state index in [0.29, 0.717) is 18.2 Å². The van der Waals surface area contributed by atoms with Crippen molar-refractivity contribution in [2.24, 2.45) is 0 Å². The van der Waals surface area contributed by atoms with E-state index in [1.165, 1.54) is 6.07 Å². The number of hydrogen-bond acceptors (Lipinski definition) is 8. The molecule has 0 aliphatic heterocycles. The zero-order valence-corrected chi connectivity index (χ0v) is 17.4. The zero-order valence-electron chi connectivity index (χ0n) is 17.4. The molecule has 180 valence electrons. The number of hydrogen-bond donors (Lipinski definition) is 2. The second kappa shape index (κ2) is 9.94. The number of likely N-dealkylation sites (N-methyl/N-ethyl adjacent to an activating group) is 1. The first-order valence-electron chi connectivity index (χ1n) is 8.97. The highest BCUT2D eigenvalue weighted by atomic mass is 19.4. The predicted octanol–water partition coefficient (Wildman–Crippen LogP) is 3.80. The Morgan fingerprint density at radius 1 is 1.29 bits per heavy atom. The van der Waals surface area contributed by atoms with Crippen molar-refractivity contribution in [3.63, 3.8) is 0 Å². The lowest BCUT2D eigenvalue weighted by molar-refractivity contribution is -0.386. The Bertz CT molecular complexity index is 1210. The Hall–Kier alpha value is -4.54. The van der Waals surface area contributed by atoms with E-state index in [2.05, 4.69) is 4.74 Å². The van der Waals surface area contributed by atoms with Gasteiger partial charge < -0.3 is 24.6 Å². The normalized spacial score (nSPS) is 11.8. The summed E-state index contributed by atoms with van der Waals surface area (Å²) in [5.74, 6) is -5.21. The van der Waals surface area contributed by atoms with Crippen LogP contribution in [0, 0.1) is 27.3 Å². The van der Waals surface area contributed by atoms with E-state index in [1.807, 2.05) is 0 Å². The van der Waals surface area contributed by atoms with Crippen molar-refractivity contribution in [1.82, 2.24) is 4.90 Å². The van der Waals surface area contributed by atoms with Crippen LogP contribution in [0.5, 0.6) is 17.2 Å². The first-order chi connectivity index (χ1) is 15.8. The standard InChI is InChI=1S/C20H15F4N3O7/c1-26(9-11-5-12(3-4-14(11)21)34-20(22,23)24)19(30)13(8-25)17(28)10-6-15(27(31)32)18(29)16(7-10)33-2/h3-7,28-29H,9H2,1-2H3/b17-13-. The van der Waals surface area contributed by atoms with Crippen molar-refractivity contribution in [3.8, 4) is 23.3 Å². The van der Waals surface area contributed by atoms with Gasteiger partial charge in [0.15, 0.2) is 11.3 Å². The van der Waals surface area contributed by atoms with E-state index in [4.69, 9.17) is 4.74 Å². The fourth-order valence-corrected chi connectivity index (χ4v) is 2.76. The molecule has 14 heteroatoms. The zero-order chi connectivity index (χ0) is 25.8. The van der Waals surface area contributed by atoms with Crippen LogP contribution in [0.15, 0.2) is 35.9 Å². The van der Waals surface area contributed by atoms with Gasteiger partial charge in [0.05, 0.1) is 12.0 Å². The maximum atomic E-state index is 14.1. The number of nitrogens with zero attached hydrogens (tertiary/aromatic N) is 3. The molecule has 0 spiro atoms. The summed E-state index contributed by atoms with van der Waals surface area (Å²) in [5, 5.41) is 40.8. The van der Waals surface area contributed by atoms with Crippen LogP contribution in [0.1, 0.15) is 11.1 Å². The average Bonchev–Trinajstić information content (AvgIpc) is 2.75. The Labute approximate surface area is 188 Å². The van der Waals surface area contributed by atoms with Crippen LogP contribution in [-0.4, -0.2) is 46.5 Å². The number of benzene rings is 2. The van der Waals surface area contributed by atoms with Crippen LogP contribution in [-0.2, 0) is 11.3 Å². The summed E-state index contributed by atoms with van der Waals surface area (Å²) < 4.78 is 59.8. The van der Waals surface area contributed by atoms with Crippen molar-refractivity contribution >= 4 is 17.4 Å². The molecule has 2 N–H and O–H groups in total. The third-order valence-corrected chi connectivity index (χ3v) is 4.31. The molecule has 2 aromatic rings. The summed E-state index contributed by atoms with van der Waals surface area (Å²) >= 11 is 0. The number of nitro benzene ring substituents is 1. The van der Waals surface area contributed by atoms with Gasteiger partial charge in [-0.2, -0.15) is 5.26 Å². The lowest BCUT2D eigenvalue weighted by atomic mass is 10.1. The first-order valence-corrected chi connectivity index (χ1v) is 8.97. The Kier molecular flexibility index (Phi) is 7.52. The average molecular weight is 485 g/mol. The van der Waals surface area contributed by atoms with Crippen LogP contribution < -0.4 is 9.47 Å². The third-order valence-electron chi connectivity index (χ3n) is 4.31. The minimum Gasteiger partial charge on any atom is -0.506 e. The van der Waals surface area contributed by atoms with Gasteiger partial charge in [-0.3, -0.25) is 14.9 Å². The van der Waals surface area contributed by atoms with E-state index >= 15 is 0 Å². The van der Waals surface area contributed by atoms with E-state index in [0.717, 1.165) is 31.2 Å². The highest BCUT2D eigenvalue weighted by Crippen LogP contribution is 2.39. The molecular weight excluding hydrogens is 470 g/mol. The topological polar surface area (TPSA) is 146 Å². The van der Waals surface area contributed by atoms with Crippen LogP contribution in [0.2, 0.25) is 0 Å². The molecule has 0 heterocycles. The van der Waals surface area contributed by atoms with E-state index in [1.54, 1.807) is 0 Å². The van der Waals surface area contributed by atoms with Gasteiger partial charge in [0.1, 0.15) is 23.4 Å². The highest BCUT2D eigenvalue weighted by molar-refractivity contribution is 6.03. The molecule has 2 rings (SSSR count).